The molecule has 0 bridgehead atoms. The number of aromatic nitrogens is 4. The lowest BCUT2D eigenvalue weighted by molar-refractivity contribution is 0.859. The van der Waals surface area contributed by atoms with Crippen LogP contribution in [0.3, 0.4) is 0 Å². The van der Waals surface area contributed by atoms with Crippen LogP contribution in [0.25, 0.3) is 17.2 Å². The molecule has 3 heterocycles. The summed E-state index contributed by atoms with van der Waals surface area (Å²) in [6, 6.07) is 5.78. The van der Waals surface area contributed by atoms with E-state index in [0.717, 1.165) is 24.2 Å². The first-order valence-electron chi connectivity index (χ1n) is 6.42. The average Bonchev–Trinajstić information content (AvgIpc) is 2.87. The highest BCUT2D eigenvalue weighted by Crippen LogP contribution is 2.16. The van der Waals surface area contributed by atoms with E-state index in [0.29, 0.717) is 15.1 Å². The second-order valence-corrected chi connectivity index (χ2v) is 5.60. The molecule has 3 rings (SSSR count). The van der Waals surface area contributed by atoms with Crippen molar-refractivity contribution in [3.8, 4) is 11.5 Å². The minimum atomic E-state index is -0.101. The third-order valence-corrected chi connectivity index (χ3v) is 4.14. The summed E-state index contributed by atoms with van der Waals surface area (Å²) in [5, 5.41) is 0. The molecule has 102 valence electrons. The fourth-order valence-corrected chi connectivity index (χ4v) is 2.60. The zero-order valence-electron chi connectivity index (χ0n) is 10.9. The van der Waals surface area contributed by atoms with Crippen LogP contribution in [-0.2, 0) is 6.42 Å². The molecule has 0 fully saturated rings. The first-order valence-corrected chi connectivity index (χ1v) is 7.49. The first-order chi connectivity index (χ1) is 9.69. The van der Waals surface area contributed by atoms with Crippen molar-refractivity contribution in [3.63, 3.8) is 0 Å². The standard InChI is InChI=1S/C14H13IN4O/c1-2-5-9-12(15)14(20)18-13(17-9)10-8-19-7-4-3-6-11(19)16-10/h3-4,6-8H,2,5H2,1H3,(H,17,18,20). The molecule has 1 N–H and O–H groups in total. The zero-order chi connectivity index (χ0) is 14.1. The number of hydrogen-bond donors (Lipinski definition) is 1. The van der Waals surface area contributed by atoms with Gasteiger partial charge in [0.2, 0.25) is 0 Å². The molecule has 0 aliphatic carbocycles. The predicted molar refractivity (Wildman–Crippen MR) is 85.8 cm³/mol. The van der Waals surface area contributed by atoms with Gasteiger partial charge in [0.25, 0.3) is 5.56 Å². The van der Waals surface area contributed by atoms with Crippen molar-refractivity contribution in [3.05, 3.63) is 50.2 Å². The van der Waals surface area contributed by atoms with Gasteiger partial charge in [-0.25, -0.2) is 9.97 Å². The number of nitrogens with one attached hydrogen (secondary N) is 1. The van der Waals surface area contributed by atoms with Crippen LogP contribution in [-0.4, -0.2) is 19.4 Å². The van der Waals surface area contributed by atoms with Crippen molar-refractivity contribution in [2.45, 2.75) is 19.8 Å². The monoisotopic (exact) mass is 380 g/mol. The quantitative estimate of drug-likeness (QED) is 0.711. The normalized spacial score (nSPS) is 11.1. The molecule has 0 saturated heterocycles. The van der Waals surface area contributed by atoms with Crippen molar-refractivity contribution < 1.29 is 0 Å². The molecule has 0 radical (unpaired) electrons. The van der Waals surface area contributed by atoms with E-state index in [1.165, 1.54) is 0 Å². The molecule has 0 saturated carbocycles. The van der Waals surface area contributed by atoms with E-state index in [4.69, 9.17) is 0 Å². The molecule has 3 aromatic rings. The van der Waals surface area contributed by atoms with Crippen LogP contribution >= 0.6 is 22.6 Å². The largest absolute Gasteiger partial charge is 0.306 e. The van der Waals surface area contributed by atoms with Crippen LogP contribution in [0, 0.1) is 3.57 Å². The summed E-state index contributed by atoms with van der Waals surface area (Å²) < 4.78 is 2.57. The number of aryl methyl sites for hydroxylation is 1. The molecular weight excluding hydrogens is 367 g/mol. The molecule has 0 aromatic carbocycles. The van der Waals surface area contributed by atoms with Gasteiger partial charge in [0.15, 0.2) is 5.82 Å². The number of imidazole rings is 1. The molecule has 0 unspecified atom stereocenters. The second kappa shape index (κ2) is 5.35. The average molecular weight is 380 g/mol. The van der Waals surface area contributed by atoms with Crippen molar-refractivity contribution in [2.24, 2.45) is 0 Å². The van der Waals surface area contributed by atoms with Gasteiger partial charge in [-0.05, 0) is 41.1 Å². The lowest BCUT2D eigenvalue weighted by atomic mass is 10.2. The number of nitrogens with zero attached hydrogens (tertiary/aromatic N) is 3. The van der Waals surface area contributed by atoms with E-state index in [2.05, 4.69) is 21.9 Å². The molecule has 3 aromatic heterocycles. The highest BCUT2D eigenvalue weighted by Gasteiger charge is 2.12. The summed E-state index contributed by atoms with van der Waals surface area (Å²) in [6.45, 7) is 2.07. The molecular formula is C14H13IN4O. The van der Waals surface area contributed by atoms with Gasteiger partial charge >= 0.3 is 0 Å². The van der Waals surface area contributed by atoms with Crippen molar-refractivity contribution >= 4 is 28.2 Å². The SMILES string of the molecule is CCCc1nc(-c2cn3ccccc3n2)[nH]c(=O)c1I. The molecule has 0 atom stereocenters. The van der Waals surface area contributed by atoms with Crippen molar-refractivity contribution in [1.29, 1.82) is 0 Å². The number of hydrogen-bond acceptors (Lipinski definition) is 3. The van der Waals surface area contributed by atoms with Crippen LogP contribution in [0.5, 0.6) is 0 Å². The van der Waals surface area contributed by atoms with Gasteiger partial charge in [0.1, 0.15) is 11.3 Å². The van der Waals surface area contributed by atoms with Gasteiger partial charge in [0, 0.05) is 12.4 Å². The zero-order valence-corrected chi connectivity index (χ0v) is 13.1. The van der Waals surface area contributed by atoms with E-state index >= 15 is 0 Å². The minimum Gasteiger partial charge on any atom is -0.306 e. The van der Waals surface area contributed by atoms with Gasteiger partial charge in [0.05, 0.1) is 9.26 Å². The summed E-state index contributed by atoms with van der Waals surface area (Å²) in [7, 11) is 0. The van der Waals surface area contributed by atoms with E-state index in [-0.39, 0.29) is 5.56 Å². The maximum Gasteiger partial charge on any atom is 0.264 e. The Morgan fingerprint density at radius 2 is 2.20 bits per heavy atom. The summed E-state index contributed by atoms with van der Waals surface area (Å²) in [6.07, 6.45) is 5.54. The third-order valence-electron chi connectivity index (χ3n) is 3.02. The Labute approximate surface area is 129 Å². The molecule has 0 spiro atoms. The summed E-state index contributed by atoms with van der Waals surface area (Å²) in [5.41, 5.74) is 2.25. The molecule has 0 aliphatic rings. The van der Waals surface area contributed by atoms with Gasteiger partial charge in [-0.3, -0.25) is 4.79 Å². The lowest BCUT2D eigenvalue weighted by Gasteiger charge is -2.03. The number of rotatable bonds is 3. The Hall–Kier alpha value is -1.70. The Balaban J connectivity index is 2.16. The summed E-state index contributed by atoms with van der Waals surface area (Å²) in [4.78, 5) is 23.8. The smallest absolute Gasteiger partial charge is 0.264 e. The van der Waals surface area contributed by atoms with E-state index < -0.39 is 0 Å². The Morgan fingerprint density at radius 3 is 2.95 bits per heavy atom. The van der Waals surface area contributed by atoms with Gasteiger partial charge in [-0.15, -0.1) is 0 Å². The van der Waals surface area contributed by atoms with Gasteiger partial charge in [-0.1, -0.05) is 19.4 Å². The topological polar surface area (TPSA) is 63.1 Å². The van der Waals surface area contributed by atoms with Crippen LogP contribution < -0.4 is 5.56 Å². The minimum absolute atomic E-state index is 0.101. The van der Waals surface area contributed by atoms with E-state index in [1.807, 2.05) is 57.6 Å². The molecule has 6 heteroatoms. The Kier molecular flexibility index (Phi) is 3.56. The third kappa shape index (κ3) is 2.35. The Morgan fingerprint density at radius 1 is 1.35 bits per heavy atom. The molecule has 0 aliphatic heterocycles. The second-order valence-electron chi connectivity index (χ2n) is 4.52. The molecule has 0 amide bonds. The number of pyridine rings is 1. The lowest BCUT2D eigenvalue weighted by Crippen LogP contribution is -2.16. The van der Waals surface area contributed by atoms with E-state index in [1.54, 1.807) is 0 Å². The number of fused-ring (bicyclic) bond motifs is 1. The maximum absolute atomic E-state index is 12.0. The van der Waals surface area contributed by atoms with Crippen LogP contribution in [0.4, 0.5) is 0 Å². The van der Waals surface area contributed by atoms with Gasteiger partial charge < -0.3 is 9.38 Å². The fourth-order valence-electron chi connectivity index (χ4n) is 2.08. The first kappa shape index (κ1) is 13.3. The predicted octanol–water partition coefficient (Wildman–Crippen LogP) is 2.64. The van der Waals surface area contributed by atoms with E-state index in [9.17, 15) is 4.79 Å². The fraction of sp³-hybridized carbons (Fsp3) is 0.214. The van der Waals surface area contributed by atoms with Gasteiger partial charge in [-0.2, -0.15) is 0 Å². The van der Waals surface area contributed by atoms with Crippen LogP contribution in [0.2, 0.25) is 0 Å². The number of H-pyrrole nitrogens is 1. The summed E-state index contributed by atoms with van der Waals surface area (Å²) in [5.74, 6) is 0.530. The molecule has 5 nitrogen and oxygen atoms in total. The van der Waals surface area contributed by atoms with Crippen molar-refractivity contribution in [2.75, 3.05) is 0 Å². The van der Waals surface area contributed by atoms with Crippen molar-refractivity contribution in [1.82, 2.24) is 19.4 Å². The van der Waals surface area contributed by atoms with Crippen LogP contribution in [0.1, 0.15) is 19.0 Å². The summed E-state index contributed by atoms with van der Waals surface area (Å²) >= 11 is 2.05. The number of halogens is 1. The maximum atomic E-state index is 12.0. The molecule has 20 heavy (non-hydrogen) atoms. The highest BCUT2D eigenvalue weighted by molar-refractivity contribution is 14.1. The number of aromatic amines is 1. The Bertz CT molecular complexity index is 788. The van der Waals surface area contributed by atoms with Crippen LogP contribution in [0.15, 0.2) is 35.4 Å². The highest BCUT2D eigenvalue weighted by atomic mass is 127.